The first-order chi connectivity index (χ1) is 15.7. The Morgan fingerprint density at radius 3 is 2.58 bits per heavy atom. The van der Waals surface area contributed by atoms with E-state index in [4.69, 9.17) is 27.6 Å². The van der Waals surface area contributed by atoms with Gasteiger partial charge in [-0.3, -0.25) is 14.5 Å². The number of hydrogen-bond acceptors (Lipinski definition) is 6. The average molecular weight is 499 g/mol. The molecular formula is C24H16Cl2N2O4S. The largest absolute Gasteiger partial charge is 0.503 e. The molecule has 0 saturated carbocycles. The highest BCUT2D eigenvalue weighted by Crippen LogP contribution is 2.45. The van der Waals surface area contributed by atoms with Gasteiger partial charge in [-0.25, -0.2) is 4.98 Å². The number of anilines is 1. The Hall–Kier alpha value is -3.13. The second kappa shape index (κ2) is 8.02. The zero-order valence-electron chi connectivity index (χ0n) is 17.4. The van der Waals surface area contributed by atoms with Gasteiger partial charge in [0.05, 0.1) is 31.9 Å². The van der Waals surface area contributed by atoms with E-state index < -0.39 is 23.5 Å². The van der Waals surface area contributed by atoms with Crippen molar-refractivity contribution in [1.82, 2.24) is 4.98 Å². The van der Waals surface area contributed by atoms with Crippen molar-refractivity contribution in [3.63, 3.8) is 0 Å². The molecule has 9 heteroatoms. The molecule has 1 amide bonds. The Morgan fingerprint density at radius 2 is 1.88 bits per heavy atom. The predicted octanol–water partition coefficient (Wildman–Crippen LogP) is 6.60. The smallest absolute Gasteiger partial charge is 0.296 e. The number of fused-ring (bicyclic) bond motifs is 1. The number of hydrogen-bond donors (Lipinski definition) is 1. The zero-order chi connectivity index (χ0) is 23.4. The molecule has 0 saturated heterocycles. The first-order valence-electron chi connectivity index (χ1n) is 9.94. The molecule has 0 radical (unpaired) electrons. The van der Waals surface area contributed by atoms with Crippen LogP contribution in [-0.2, 0) is 4.79 Å². The van der Waals surface area contributed by atoms with Crippen LogP contribution < -0.4 is 4.90 Å². The van der Waals surface area contributed by atoms with Crippen LogP contribution in [0, 0.1) is 13.8 Å². The molecule has 2 aromatic heterocycles. The third-order valence-corrected chi connectivity index (χ3v) is 7.17. The Balaban J connectivity index is 1.70. The van der Waals surface area contributed by atoms with Crippen molar-refractivity contribution in [3.8, 4) is 0 Å². The first-order valence-corrected chi connectivity index (χ1v) is 11.5. The van der Waals surface area contributed by atoms with Gasteiger partial charge in [-0.15, -0.1) is 0 Å². The molecule has 0 spiro atoms. The van der Waals surface area contributed by atoms with Crippen molar-refractivity contribution in [2.45, 2.75) is 19.9 Å². The monoisotopic (exact) mass is 498 g/mol. The Kier molecular flexibility index (Phi) is 5.28. The van der Waals surface area contributed by atoms with Crippen LogP contribution in [0.4, 0.5) is 5.13 Å². The molecule has 0 aliphatic carbocycles. The van der Waals surface area contributed by atoms with E-state index in [1.807, 2.05) is 25.1 Å². The molecule has 1 unspecified atom stereocenters. The van der Waals surface area contributed by atoms with Crippen LogP contribution in [0.1, 0.15) is 33.5 Å². The maximum Gasteiger partial charge on any atom is 0.296 e. The molecular weight excluding hydrogens is 483 g/mol. The number of thiazole rings is 1. The predicted molar refractivity (Wildman–Crippen MR) is 128 cm³/mol. The molecule has 1 aliphatic heterocycles. The summed E-state index contributed by atoms with van der Waals surface area (Å²) in [7, 11) is 0. The van der Waals surface area contributed by atoms with Crippen molar-refractivity contribution < 1.29 is 19.1 Å². The third kappa shape index (κ3) is 3.62. The molecule has 6 nitrogen and oxygen atoms in total. The number of nitrogens with zero attached hydrogens (tertiary/aromatic N) is 2. The number of aryl methyl sites for hydroxylation is 2. The van der Waals surface area contributed by atoms with Crippen molar-refractivity contribution >= 4 is 61.6 Å². The van der Waals surface area contributed by atoms with E-state index in [2.05, 4.69) is 4.98 Å². The van der Waals surface area contributed by atoms with E-state index in [0.29, 0.717) is 27.0 Å². The quantitative estimate of drug-likeness (QED) is 0.320. The fourth-order valence-corrected chi connectivity index (χ4v) is 5.24. The van der Waals surface area contributed by atoms with E-state index in [1.54, 1.807) is 31.2 Å². The summed E-state index contributed by atoms with van der Waals surface area (Å²) in [5.41, 5.74) is 2.16. The number of halogens is 2. The molecule has 5 rings (SSSR count). The van der Waals surface area contributed by atoms with Gasteiger partial charge >= 0.3 is 0 Å². The molecule has 1 atom stereocenters. The van der Waals surface area contributed by atoms with Crippen molar-refractivity contribution in [2.24, 2.45) is 0 Å². The number of ketones is 1. The van der Waals surface area contributed by atoms with Gasteiger partial charge in [0, 0.05) is 0 Å². The lowest BCUT2D eigenvalue weighted by Crippen LogP contribution is -2.31. The normalized spacial score (nSPS) is 16.3. The summed E-state index contributed by atoms with van der Waals surface area (Å²) in [4.78, 5) is 32.6. The number of furan rings is 1. The number of amides is 1. The fraction of sp³-hybridized carbons (Fsp3) is 0.125. The molecule has 4 aromatic rings. The molecule has 0 bridgehead atoms. The van der Waals surface area contributed by atoms with Gasteiger partial charge in [-0.2, -0.15) is 0 Å². The summed E-state index contributed by atoms with van der Waals surface area (Å²) >= 11 is 13.7. The second-order valence-electron chi connectivity index (χ2n) is 7.72. The number of aliphatic hydroxyl groups is 1. The minimum atomic E-state index is -0.966. The highest BCUT2D eigenvalue weighted by molar-refractivity contribution is 7.22. The number of Topliss-reactive ketones (excluding diaryl/α,β-unsaturated/α-hetero) is 1. The summed E-state index contributed by atoms with van der Waals surface area (Å²) in [5, 5.41) is 11.8. The maximum absolute atomic E-state index is 13.4. The number of carbonyl (C=O) groups is 2. The zero-order valence-corrected chi connectivity index (χ0v) is 19.8. The number of aliphatic hydroxyl groups excluding tert-OH is 1. The standard InChI is InChI=1S/C24H16Cl2N2O4S/c1-11-3-7-16-18(9-11)33-24(27-16)28-20(13-5-6-14(25)15(26)10-13)19(22(30)23(28)31)21(29)17-8-4-12(2)32-17/h3-10,20,30H,1-2H3. The van der Waals surface area contributed by atoms with Crippen LogP contribution in [0.5, 0.6) is 0 Å². The van der Waals surface area contributed by atoms with Gasteiger partial charge < -0.3 is 9.52 Å². The number of rotatable bonds is 4. The third-order valence-electron chi connectivity index (χ3n) is 5.42. The SMILES string of the molecule is Cc1ccc2nc(N3C(=O)C(O)=C(C(=O)c4ccc(C)o4)C3c3ccc(Cl)c(Cl)c3)sc2c1. The molecule has 1 aliphatic rings. The molecule has 3 heterocycles. The van der Waals surface area contributed by atoms with Crippen molar-refractivity contribution in [1.29, 1.82) is 0 Å². The summed E-state index contributed by atoms with van der Waals surface area (Å²) < 4.78 is 6.37. The van der Waals surface area contributed by atoms with E-state index in [9.17, 15) is 14.7 Å². The minimum Gasteiger partial charge on any atom is -0.503 e. The van der Waals surface area contributed by atoms with Crippen LogP contribution in [0.25, 0.3) is 10.2 Å². The van der Waals surface area contributed by atoms with Gasteiger partial charge in [-0.1, -0.05) is 46.7 Å². The topological polar surface area (TPSA) is 83.6 Å². The average Bonchev–Trinajstić information content (AvgIpc) is 3.46. The molecule has 166 valence electrons. The lowest BCUT2D eigenvalue weighted by molar-refractivity contribution is -0.117. The number of carbonyl (C=O) groups excluding carboxylic acids is 2. The minimum absolute atomic E-state index is 0.0219. The lowest BCUT2D eigenvalue weighted by atomic mass is 9.95. The Bertz CT molecular complexity index is 1490. The van der Waals surface area contributed by atoms with Gasteiger partial charge in [0.1, 0.15) is 5.76 Å². The second-order valence-corrected chi connectivity index (χ2v) is 9.54. The molecule has 33 heavy (non-hydrogen) atoms. The molecule has 0 fully saturated rings. The Labute approximate surface area is 202 Å². The van der Waals surface area contributed by atoms with Crippen LogP contribution in [0.15, 0.2) is 64.3 Å². The molecule has 2 aromatic carbocycles. The first kappa shape index (κ1) is 21.7. The van der Waals surface area contributed by atoms with E-state index in [0.717, 1.165) is 10.3 Å². The highest BCUT2D eigenvalue weighted by atomic mass is 35.5. The van der Waals surface area contributed by atoms with Crippen molar-refractivity contribution in [3.05, 3.63) is 92.6 Å². The lowest BCUT2D eigenvalue weighted by Gasteiger charge is -2.24. The highest BCUT2D eigenvalue weighted by Gasteiger charge is 2.46. The van der Waals surface area contributed by atoms with Crippen LogP contribution >= 0.6 is 34.5 Å². The van der Waals surface area contributed by atoms with Crippen LogP contribution in [-0.4, -0.2) is 21.8 Å². The van der Waals surface area contributed by atoms with E-state index in [-0.39, 0.29) is 16.4 Å². The van der Waals surface area contributed by atoms with Crippen molar-refractivity contribution in [2.75, 3.05) is 4.90 Å². The maximum atomic E-state index is 13.4. The van der Waals surface area contributed by atoms with Crippen LogP contribution in [0.2, 0.25) is 10.0 Å². The summed E-state index contributed by atoms with van der Waals surface area (Å²) in [6, 6.07) is 12.8. The summed E-state index contributed by atoms with van der Waals surface area (Å²) in [6.07, 6.45) is 0. The van der Waals surface area contributed by atoms with Gasteiger partial charge in [0.25, 0.3) is 5.91 Å². The molecule has 1 N–H and O–H groups in total. The summed E-state index contributed by atoms with van der Waals surface area (Å²) in [6.45, 7) is 3.67. The van der Waals surface area contributed by atoms with E-state index in [1.165, 1.54) is 22.3 Å². The Morgan fingerprint density at radius 1 is 1.09 bits per heavy atom. The van der Waals surface area contributed by atoms with E-state index >= 15 is 0 Å². The fourth-order valence-electron chi connectivity index (χ4n) is 3.84. The van der Waals surface area contributed by atoms with Crippen LogP contribution in [0.3, 0.4) is 0 Å². The summed E-state index contributed by atoms with van der Waals surface area (Å²) in [5.74, 6) is -1.42. The number of aromatic nitrogens is 1. The van der Waals surface area contributed by atoms with Gasteiger partial charge in [-0.05, 0) is 61.4 Å². The van der Waals surface area contributed by atoms with Gasteiger partial charge in [0.2, 0.25) is 5.78 Å². The van der Waals surface area contributed by atoms with Gasteiger partial charge in [0.15, 0.2) is 16.7 Å². The number of benzene rings is 2.